The third-order valence-corrected chi connectivity index (χ3v) is 2.49. The highest BCUT2D eigenvalue weighted by Gasteiger charge is 2.12. The Morgan fingerprint density at radius 3 is 2.47 bits per heavy atom. The van der Waals surface area contributed by atoms with Gasteiger partial charge in [0.15, 0.2) is 0 Å². The Hall–Kier alpha value is -2.50. The standard InChI is InChI=1S/C13H11F2N3O/c1-8-5-6-16-7-11(8)17-13(19)18-12-9(14)3-2-4-10(12)15/h2-7H,1H3,(H2,17,18,19). The zero-order chi connectivity index (χ0) is 13.8. The Labute approximate surface area is 108 Å². The number of amides is 2. The fourth-order valence-corrected chi connectivity index (χ4v) is 1.48. The van der Waals surface area contributed by atoms with Gasteiger partial charge in [0.05, 0.1) is 11.9 Å². The number of nitrogens with one attached hydrogen (secondary N) is 2. The molecule has 2 aromatic rings. The van der Waals surface area contributed by atoms with Gasteiger partial charge in [-0.05, 0) is 30.7 Å². The van der Waals surface area contributed by atoms with E-state index in [1.165, 1.54) is 12.3 Å². The molecule has 0 radical (unpaired) electrons. The lowest BCUT2D eigenvalue weighted by molar-refractivity contribution is 0.262. The van der Waals surface area contributed by atoms with E-state index < -0.39 is 23.4 Å². The molecule has 0 bridgehead atoms. The molecule has 0 aliphatic carbocycles. The zero-order valence-electron chi connectivity index (χ0n) is 10.1. The van der Waals surface area contributed by atoms with Gasteiger partial charge in [-0.15, -0.1) is 0 Å². The number of carbonyl (C=O) groups excluding carboxylic acids is 1. The van der Waals surface area contributed by atoms with Crippen LogP contribution in [0.4, 0.5) is 25.0 Å². The van der Waals surface area contributed by atoms with E-state index in [1.807, 2.05) is 0 Å². The summed E-state index contributed by atoms with van der Waals surface area (Å²) in [5.41, 5.74) is 0.775. The average Bonchev–Trinajstić information content (AvgIpc) is 2.37. The van der Waals surface area contributed by atoms with Crippen LogP contribution in [-0.4, -0.2) is 11.0 Å². The first kappa shape index (κ1) is 12.9. The number of rotatable bonds is 2. The molecule has 0 spiro atoms. The molecular weight excluding hydrogens is 252 g/mol. The van der Waals surface area contributed by atoms with Gasteiger partial charge in [0.25, 0.3) is 0 Å². The highest BCUT2D eigenvalue weighted by molar-refractivity contribution is 6.00. The Kier molecular flexibility index (Phi) is 3.70. The topological polar surface area (TPSA) is 54.0 Å². The molecule has 1 aromatic heterocycles. The lowest BCUT2D eigenvalue weighted by Crippen LogP contribution is -2.21. The van der Waals surface area contributed by atoms with E-state index in [2.05, 4.69) is 15.6 Å². The van der Waals surface area contributed by atoms with Crippen LogP contribution >= 0.6 is 0 Å². The van der Waals surface area contributed by atoms with Crippen molar-refractivity contribution in [2.24, 2.45) is 0 Å². The van der Waals surface area contributed by atoms with Gasteiger partial charge in [-0.25, -0.2) is 13.6 Å². The number of hydrogen-bond donors (Lipinski definition) is 2. The summed E-state index contributed by atoms with van der Waals surface area (Å²) in [6, 6.07) is 4.32. The summed E-state index contributed by atoms with van der Waals surface area (Å²) in [6.07, 6.45) is 3.03. The quantitative estimate of drug-likeness (QED) is 0.873. The monoisotopic (exact) mass is 263 g/mol. The molecule has 0 atom stereocenters. The lowest BCUT2D eigenvalue weighted by Gasteiger charge is -2.10. The summed E-state index contributed by atoms with van der Waals surface area (Å²) in [5.74, 6) is -1.67. The van der Waals surface area contributed by atoms with Crippen molar-refractivity contribution in [3.8, 4) is 0 Å². The number of para-hydroxylation sites is 1. The van der Waals surface area contributed by atoms with Crippen molar-refractivity contribution in [1.82, 2.24) is 4.98 Å². The third kappa shape index (κ3) is 3.04. The van der Waals surface area contributed by atoms with E-state index in [0.29, 0.717) is 5.69 Å². The number of pyridine rings is 1. The normalized spacial score (nSPS) is 10.1. The lowest BCUT2D eigenvalue weighted by atomic mass is 10.2. The van der Waals surface area contributed by atoms with E-state index in [-0.39, 0.29) is 0 Å². The van der Waals surface area contributed by atoms with E-state index >= 15 is 0 Å². The zero-order valence-corrected chi connectivity index (χ0v) is 10.1. The van der Waals surface area contributed by atoms with Gasteiger partial charge >= 0.3 is 6.03 Å². The number of halogens is 2. The van der Waals surface area contributed by atoms with Gasteiger partial charge in [-0.1, -0.05) is 6.07 Å². The van der Waals surface area contributed by atoms with Crippen LogP contribution in [0.25, 0.3) is 0 Å². The molecule has 4 nitrogen and oxygen atoms in total. The number of anilines is 2. The Balaban J connectivity index is 2.12. The van der Waals surface area contributed by atoms with E-state index in [1.54, 1.807) is 19.2 Å². The number of aromatic nitrogens is 1. The van der Waals surface area contributed by atoms with Gasteiger partial charge in [-0.2, -0.15) is 0 Å². The van der Waals surface area contributed by atoms with Crippen molar-refractivity contribution < 1.29 is 13.6 Å². The Morgan fingerprint density at radius 1 is 1.16 bits per heavy atom. The first-order valence-corrected chi connectivity index (χ1v) is 5.50. The van der Waals surface area contributed by atoms with Gasteiger partial charge in [0.2, 0.25) is 0 Å². The molecule has 2 N–H and O–H groups in total. The molecule has 2 rings (SSSR count). The molecule has 0 fully saturated rings. The number of carbonyl (C=O) groups is 1. The van der Waals surface area contributed by atoms with Crippen LogP contribution in [0.5, 0.6) is 0 Å². The molecule has 19 heavy (non-hydrogen) atoms. The number of benzene rings is 1. The Morgan fingerprint density at radius 2 is 1.84 bits per heavy atom. The predicted molar refractivity (Wildman–Crippen MR) is 68.0 cm³/mol. The van der Waals surface area contributed by atoms with Crippen molar-refractivity contribution in [2.75, 3.05) is 10.6 Å². The highest BCUT2D eigenvalue weighted by Crippen LogP contribution is 2.18. The molecule has 0 aliphatic heterocycles. The summed E-state index contributed by atoms with van der Waals surface area (Å²) < 4.78 is 26.7. The largest absolute Gasteiger partial charge is 0.323 e. The highest BCUT2D eigenvalue weighted by atomic mass is 19.1. The van der Waals surface area contributed by atoms with Crippen molar-refractivity contribution in [3.05, 3.63) is 53.9 Å². The molecule has 6 heteroatoms. The maximum Gasteiger partial charge on any atom is 0.323 e. The van der Waals surface area contributed by atoms with Gasteiger partial charge < -0.3 is 10.6 Å². The maximum atomic E-state index is 13.3. The van der Waals surface area contributed by atoms with Gasteiger partial charge in [0, 0.05) is 6.20 Å². The van der Waals surface area contributed by atoms with Crippen LogP contribution in [-0.2, 0) is 0 Å². The second kappa shape index (κ2) is 5.43. The van der Waals surface area contributed by atoms with Crippen LogP contribution < -0.4 is 10.6 Å². The van der Waals surface area contributed by atoms with Crippen LogP contribution in [0.1, 0.15) is 5.56 Å². The number of nitrogens with zero attached hydrogens (tertiary/aromatic N) is 1. The fraction of sp³-hybridized carbons (Fsp3) is 0.0769. The Bertz CT molecular complexity index is 596. The van der Waals surface area contributed by atoms with E-state index in [4.69, 9.17) is 0 Å². The molecule has 0 aliphatic rings. The first-order valence-electron chi connectivity index (χ1n) is 5.50. The van der Waals surface area contributed by atoms with Crippen molar-refractivity contribution in [2.45, 2.75) is 6.92 Å². The third-order valence-electron chi connectivity index (χ3n) is 2.49. The smallest absolute Gasteiger partial charge is 0.306 e. The van der Waals surface area contributed by atoms with Gasteiger partial charge in [0.1, 0.15) is 17.3 Å². The van der Waals surface area contributed by atoms with Crippen molar-refractivity contribution in [1.29, 1.82) is 0 Å². The first-order chi connectivity index (χ1) is 9.08. The van der Waals surface area contributed by atoms with Crippen LogP contribution in [0.2, 0.25) is 0 Å². The summed E-state index contributed by atoms with van der Waals surface area (Å²) in [4.78, 5) is 15.5. The fourth-order valence-electron chi connectivity index (χ4n) is 1.48. The summed E-state index contributed by atoms with van der Waals surface area (Å²) >= 11 is 0. The summed E-state index contributed by atoms with van der Waals surface area (Å²) in [5, 5.41) is 4.59. The molecular formula is C13H11F2N3O. The number of hydrogen-bond acceptors (Lipinski definition) is 2. The van der Waals surface area contributed by atoms with Gasteiger partial charge in [-0.3, -0.25) is 4.98 Å². The van der Waals surface area contributed by atoms with Crippen molar-refractivity contribution in [3.63, 3.8) is 0 Å². The number of urea groups is 1. The predicted octanol–water partition coefficient (Wildman–Crippen LogP) is 3.31. The molecule has 1 aromatic carbocycles. The molecule has 2 amide bonds. The van der Waals surface area contributed by atoms with E-state index in [9.17, 15) is 13.6 Å². The van der Waals surface area contributed by atoms with Crippen LogP contribution in [0.15, 0.2) is 36.7 Å². The van der Waals surface area contributed by atoms with Crippen LogP contribution in [0.3, 0.4) is 0 Å². The SMILES string of the molecule is Cc1ccncc1NC(=O)Nc1c(F)cccc1F. The molecule has 0 unspecified atom stereocenters. The minimum Gasteiger partial charge on any atom is -0.306 e. The molecule has 1 heterocycles. The summed E-state index contributed by atoms with van der Waals surface area (Å²) in [7, 11) is 0. The van der Waals surface area contributed by atoms with E-state index in [0.717, 1.165) is 17.7 Å². The molecule has 0 saturated heterocycles. The van der Waals surface area contributed by atoms with Crippen molar-refractivity contribution >= 4 is 17.4 Å². The minimum atomic E-state index is -0.835. The molecule has 0 saturated carbocycles. The minimum absolute atomic E-state index is 0.469. The summed E-state index contributed by atoms with van der Waals surface area (Å²) in [6.45, 7) is 1.78. The maximum absolute atomic E-state index is 13.3. The average molecular weight is 263 g/mol. The second-order valence-corrected chi connectivity index (χ2v) is 3.87. The number of aryl methyl sites for hydroxylation is 1. The van der Waals surface area contributed by atoms with Crippen LogP contribution in [0, 0.1) is 18.6 Å². The molecule has 98 valence electrons. The second-order valence-electron chi connectivity index (χ2n) is 3.87.